The Labute approximate surface area is 119 Å². The van der Waals surface area contributed by atoms with Crippen LogP contribution in [0, 0.1) is 0 Å². The van der Waals surface area contributed by atoms with Crippen LogP contribution in [0.25, 0.3) is 0 Å². The van der Waals surface area contributed by atoms with Gasteiger partial charge in [0.15, 0.2) is 0 Å². The van der Waals surface area contributed by atoms with Crippen molar-refractivity contribution in [3.05, 3.63) is 0 Å². The average molecular weight is 289 g/mol. The number of aliphatic carboxylic acids is 1. The van der Waals surface area contributed by atoms with E-state index in [0.29, 0.717) is 19.6 Å². The summed E-state index contributed by atoms with van der Waals surface area (Å²) in [5.74, 6) is -1.18. The number of hydrogen-bond acceptors (Lipinski definition) is 6. The highest BCUT2D eigenvalue weighted by atomic mass is 16.4. The van der Waals surface area contributed by atoms with Gasteiger partial charge < -0.3 is 32.1 Å². The summed E-state index contributed by atoms with van der Waals surface area (Å²) in [7, 11) is 0. The highest BCUT2D eigenvalue weighted by Crippen LogP contribution is 1.87. The Hall–Kier alpha value is -1.22. The van der Waals surface area contributed by atoms with Crippen molar-refractivity contribution in [1.82, 2.24) is 21.3 Å². The smallest absolute Gasteiger partial charge is 0.303 e. The third kappa shape index (κ3) is 14.8. The van der Waals surface area contributed by atoms with Crippen LogP contribution in [0.1, 0.15) is 12.8 Å². The first kappa shape index (κ1) is 18.8. The number of nitrogens with one attached hydrogen (secondary N) is 4. The van der Waals surface area contributed by atoms with E-state index in [2.05, 4.69) is 21.3 Å². The van der Waals surface area contributed by atoms with Crippen molar-refractivity contribution in [2.45, 2.75) is 12.8 Å². The summed E-state index contributed by atoms with van der Waals surface area (Å²) in [6.07, 6.45) is -0.0892. The molecule has 0 aromatic carbocycles. The van der Waals surface area contributed by atoms with Crippen molar-refractivity contribution in [2.75, 3.05) is 52.4 Å². The molecule has 0 spiro atoms. The van der Waals surface area contributed by atoms with Crippen LogP contribution in [-0.4, -0.2) is 69.3 Å². The number of amides is 1. The van der Waals surface area contributed by atoms with E-state index in [1.165, 1.54) is 0 Å². The lowest BCUT2D eigenvalue weighted by Gasteiger charge is -2.08. The Kier molecular flexibility index (Phi) is 13.3. The molecule has 0 unspecified atom stereocenters. The lowest BCUT2D eigenvalue weighted by Crippen LogP contribution is -2.37. The normalized spacial score (nSPS) is 10.4. The van der Waals surface area contributed by atoms with Crippen LogP contribution in [0.15, 0.2) is 0 Å². The molecular weight excluding hydrogens is 262 g/mol. The van der Waals surface area contributed by atoms with E-state index in [0.717, 1.165) is 32.7 Å². The minimum Gasteiger partial charge on any atom is -0.481 e. The fourth-order valence-corrected chi connectivity index (χ4v) is 1.43. The summed E-state index contributed by atoms with van der Waals surface area (Å²) in [5, 5.41) is 20.7. The van der Waals surface area contributed by atoms with Crippen LogP contribution >= 0.6 is 0 Å². The minimum absolute atomic E-state index is 0.0344. The Balaban J connectivity index is 3.12. The molecule has 7 N–H and O–H groups in total. The van der Waals surface area contributed by atoms with Crippen molar-refractivity contribution >= 4 is 11.9 Å². The predicted octanol–water partition coefficient (Wildman–Crippen LogP) is -2.31. The first-order valence-corrected chi connectivity index (χ1v) is 6.97. The molecule has 1 amide bonds. The van der Waals surface area contributed by atoms with E-state index < -0.39 is 5.97 Å². The molecule has 118 valence electrons. The van der Waals surface area contributed by atoms with Crippen LogP contribution in [0.2, 0.25) is 0 Å². The van der Waals surface area contributed by atoms with E-state index in [-0.39, 0.29) is 18.7 Å². The molecule has 8 nitrogen and oxygen atoms in total. The second kappa shape index (κ2) is 14.2. The molecule has 20 heavy (non-hydrogen) atoms. The highest BCUT2D eigenvalue weighted by Gasteiger charge is 2.03. The summed E-state index contributed by atoms with van der Waals surface area (Å²) in [5.41, 5.74) is 5.34. The molecule has 0 aromatic heterocycles. The Morgan fingerprint density at radius 3 is 1.80 bits per heavy atom. The topological polar surface area (TPSA) is 129 Å². The quantitative estimate of drug-likeness (QED) is 0.198. The molecule has 0 bridgehead atoms. The SMILES string of the molecule is NCCNCCNCCNCCNC(=O)CCC(=O)O. The van der Waals surface area contributed by atoms with E-state index in [1.807, 2.05) is 0 Å². The van der Waals surface area contributed by atoms with Crippen molar-refractivity contribution in [3.63, 3.8) is 0 Å². The van der Waals surface area contributed by atoms with E-state index in [4.69, 9.17) is 10.8 Å². The molecule has 0 atom stereocenters. The number of hydrogen-bond donors (Lipinski definition) is 6. The molecule has 0 radical (unpaired) electrons. The lowest BCUT2D eigenvalue weighted by molar-refractivity contribution is -0.138. The molecule has 0 saturated heterocycles. The Morgan fingerprint density at radius 1 is 0.800 bits per heavy atom. The Morgan fingerprint density at radius 2 is 1.30 bits per heavy atom. The number of carboxylic acids is 1. The van der Waals surface area contributed by atoms with Gasteiger partial charge in [-0.3, -0.25) is 9.59 Å². The van der Waals surface area contributed by atoms with Crippen LogP contribution in [-0.2, 0) is 9.59 Å². The molecule has 0 fully saturated rings. The number of nitrogens with two attached hydrogens (primary N) is 1. The minimum atomic E-state index is -0.953. The zero-order chi connectivity index (χ0) is 15.1. The van der Waals surface area contributed by atoms with Gasteiger partial charge in [-0.05, 0) is 0 Å². The average Bonchev–Trinajstić information content (AvgIpc) is 2.42. The molecule has 0 aliphatic rings. The highest BCUT2D eigenvalue weighted by molar-refractivity contribution is 5.80. The van der Waals surface area contributed by atoms with Crippen LogP contribution in [0.3, 0.4) is 0 Å². The summed E-state index contributed by atoms with van der Waals surface area (Å²) < 4.78 is 0. The fourth-order valence-electron chi connectivity index (χ4n) is 1.43. The molecule has 8 heteroatoms. The second-order valence-electron chi connectivity index (χ2n) is 4.28. The van der Waals surface area contributed by atoms with Gasteiger partial charge in [-0.1, -0.05) is 0 Å². The maximum absolute atomic E-state index is 11.2. The number of carbonyl (C=O) groups excluding carboxylic acids is 1. The van der Waals surface area contributed by atoms with Gasteiger partial charge in [0.1, 0.15) is 0 Å². The summed E-state index contributed by atoms with van der Waals surface area (Å²) in [6, 6.07) is 0. The first-order chi connectivity index (χ1) is 9.66. The Bertz CT molecular complexity index is 263. The van der Waals surface area contributed by atoms with Gasteiger partial charge in [0.25, 0.3) is 0 Å². The number of carbonyl (C=O) groups is 2. The van der Waals surface area contributed by atoms with Crippen molar-refractivity contribution in [3.8, 4) is 0 Å². The number of carboxylic acid groups (broad SMARTS) is 1. The third-order valence-corrected chi connectivity index (χ3v) is 2.47. The van der Waals surface area contributed by atoms with Crippen LogP contribution < -0.4 is 27.0 Å². The first-order valence-electron chi connectivity index (χ1n) is 6.97. The third-order valence-electron chi connectivity index (χ3n) is 2.47. The zero-order valence-corrected chi connectivity index (χ0v) is 11.9. The van der Waals surface area contributed by atoms with Gasteiger partial charge in [0, 0.05) is 58.8 Å². The van der Waals surface area contributed by atoms with Crippen LogP contribution in [0.4, 0.5) is 0 Å². The largest absolute Gasteiger partial charge is 0.481 e. The fraction of sp³-hybridized carbons (Fsp3) is 0.833. The van der Waals surface area contributed by atoms with Crippen molar-refractivity contribution < 1.29 is 14.7 Å². The summed E-state index contributed by atoms with van der Waals surface area (Å²) >= 11 is 0. The predicted molar refractivity (Wildman–Crippen MR) is 77.5 cm³/mol. The maximum atomic E-state index is 11.2. The van der Waals surface area contributed by atoms with Crippen molar-refractivity contribution in [1.29, 1.82) is 0 Å². The van der Waals surface area contributed by atoms with Crippen molar-refractivity contribution in [2.24, 2.45) is 5.73 Å². The second-order valence-corrected chi connectivity index (χ2v) is 4.28. The van der Waals surface area contributed by atoms with Gasteiger partial charge in [0.05, 0.1) is 6.42 Å². The lowest BCUT2D eigenvalue weighted by atomic mass is 10.3. The van der Waals surface area contributed by atoms with Gasteiger partial charge >= 0.3 is 5.97 Å². The summed E-state index contributed by atoms with van der Waals surface area (Å²) in [6.45, 7) is 6.15. The van der Waals surface area contributed by atoms with Gasteiger partial charge in [-0.15, -0.1) is 0 Å². The standard InChI is InChI=1S/C12H27N5O3/c13-3-4-14-5-6-15-7-8-16-9-10-17-11(18)1-2-12(19)20/h14-16H,1-10,13H2,(H,17,18)(H,19,20). The molecule has 0 aliphatic heterocycles. The van der Waals surface area contributed by atoms with E-state index in [1.54, 1.807) is 0 Å². The molecule has 0 heterocycles. The van der Waals surface area contributed by atoms with E-state index >= 15 is 0 Å². The van der Waals surface area contributed by atoms with Gasteiger partial charge in [-0.25, -0.2) is 0 Å². The van der Waals surface area contributed by atoms with Gasteiger partial charge in [-0.2, -0.15) is 0 Å². The zero-order valence-electron chi connectivity index (χ0n) is 11.9. The molecule has 0 aliphatic carbocycles. The van der Waals surface area contributed by atoms with Crippen LogP contribution in [0.5, 0.6) is 0 Å². The van der Waals surface area contributed by atoms with Gasteiger partial charge in [0.2, 0.25) is 5.91 Å². The van der Waals surface area contributed by atoms with E-state index in [9.17, 15) is 9.59 Å². The molecule has 0 rings (SSSR count). The summed E-state index contributed by atoms with van der Waals surface area (Å²) in [4.78, 5) is 21.4. The molecular formula is C12H27N5O3. The number of rotatable bonds is 14. The molecule has 0 aromatic rings. The maximum Gasteiger partial charge on any atom is 0.303 e. The molecule has 0 saturated carbocycles. The monoisotopic (exact) mass is 289 g/mol.